The molecule has 1 heterocycles. The number of likely N-dealkylation sites (tertiary alicyclic amines) is 1. The van der Waals surface area contributed by atoms with Crippen LogP contribution in [0.4, 0.5) is 5.69 Å². The van der Waals surface area contributed by atoms with E-state index in [9.17, 15) is 4.79 Å². The third kappa shape index (κ3) is 4.10. The molecule has 1 amide bonds. The molecule has 6 heteroatoms. The standard InChI is InChI=1S/C15H21Cl2N3O/c1-9-5-6-20(7-12(9)18)8-13(21)19-15-11(16)4-3-10(2)14(15)17/h3-4,9,12H,5-8,18H2,1-2H3,(H,19,21). The first-order valence-electron chi connectivity index (χ1n) is 7.11. The van der Waals surface area contributed by atoms with Gasteiger partial charge in [-0.1, -0.05) is 36.2 Å². The lowest BCUT2D eigenvalue weighted by molar-refractivity contribution is -0.117. The van der Waals surface area contributed by atoms with Crippen molar-refractivity contribution < 1.29 is 4.79 Å². The van der Waals surface area contributed by atoms with E-state index in [1.165, 1.54) is 0 Å². The fourth-order valence-electron chi connectivity index (χ4n) is 2.47. The Kier molecular flexibility index (Phi) is 5.49. The number of nitrogens with zero attached hydrogens (tertiary/aromatic N) is 1. The number of piperidine rings is 1. The van der Waals surface area contributed by atoms with Crippen LogP contribution in [-0.4, -0.2) is 36.5 Å². The molecule has 2 rings (SSSR count). The number of amides is 1. The van der Waals surface area contributed by atoms with Crippen molar-refractivity contribution in [1.82, 2.24) is 4.90 Å². The number of hydrogen-bond donors (Lipinski definition) is 2. The molecule has 4 nitrogen and oxygen atoms in total. The minimum atomic E-state index is -0.119. The van der Waals surface area contributed by atoms with E-state index in [4.69, 9.17) is 28.9 Å². The van der Waals surface area contributed by atoms with Crippen LogP contribution in [0.25, 0.3) is 0 Å². The van der Waals surface area contributed by atoms with E-state index in [0.29, 0.717) is 28.2 Å². The zero-order chi connectivity index (χ0) is 15.6. The number of carbonyl (C=O) groups is 1. The normalized spacial score (nSPS) is 23.1. The SMILES string of the molecule is Cc1ccc(Cl)c(NC(=O)CN2CCC(C)C(N)C2)c1Cl. The van der Waals surface area contributed by atoms with Crippen LogP contribution in [0.2, 0.25) is 10.0 Å². The molecule has 116 valence electrons. The second kappa shape index (κ2) is 6.97. The van der Waals surface area contributed by atoms with Crippen molar-refractivity contribution in [3.63, 3.8) is 0 Å². The van der Waals surface area contributed by atoms with Gasteiger partial charge in [0, 0.05) is 12.6 Å². The van der Waals surface area contributed by atoms with E-state index in [2.05, 4.69) is 17.1 Å². The van der Waals surface area contributed by atoms with Crippen molar-refractivity contribution in [2.24, 2.45) is 11.7 Å². The fourth-order valence-corrected chi connectivity index (χ4v) is 2.93. The van der Waals surface area contributed by atoms with E-state index < -0.39 is 0 Å². The van der Waals surface area contributed by atoms with Crippen molar-refractivity contribution in [2.75, 3.05) is 25.0 Å². The van der Waals surface area contributed by atoms with Gasteiger partial charge in [0.15, 0.2) is 0 Å². The van der Waals surface area contributed by atoms with Crippen LogP contribution in [0.5, 0.6) is 0 Å². The van der Waals surface area contributed by atoms with Crippen LogP contribution in [0.15, 0.2) is 12.1 Å². The van der Waals surface area contributed by atoms with Gasteiger partial charge in [0.1, 0.15) is 0 Å². The Labute approximate surface area is 135 Å². The Bertz CT molecular complexity index is 536. The summed E-state index contributed by atoms with van der Waals surface area (Å²) in [4.78, 5) is 14.2. The number of nitrogens with two attached hydrogens (primary N) is 1. The summed E-state index contributed by atoms with van der Waals surface area (Å²) in [5.41, 5.74) is 7.41. The topological polar surface area (TPSA) is 58.4 Å². The Balaban J connectivity index is 1.98. The van der Waals surface area contributed by atoms with Crippen molar-refractivity contribution >= 4 is 34.8 Å². The first-order chi connectivity index (χ1) is 9.88. The van der Waals surface area contributed by atoms with E-state index in [1.807, 2.05) is 13.0 Å². The van der Waals surface area contributed by atoms with Crippen molar-refractivity contribution in [3.8, 4) is 0 Å². The lowest BCUT2D eigenvalue weighted by Gasteiger charge is -2.34. The second-order valence-corrected chi connectivity index (χ2v) is 6.55. The number of carbonyl (C=O) groups excluding carboxylic acids is 1. The first kappa shape index (κ1) is 16.6. The van der Waals surface area contributed by atoms with Gasteiger partial charge < -0.3 is 11.1 Å². The number of halogens is 2. The summed E-state index contributed by atoms with van der Waals surface area (Å²) in [5, 5.41) is 3.74. The molecule has 0 spiro atoms. The number of aryl methyl sites for hydroxylation is 1. The van der Waals surface area contributed by atoms with E-state index in [0.717, 1.165) is 25.1 Å². The molecule has 0 saturated carbocycles. The molecule has 2 atom stereocenters. The van der Waals surface area contributed by atoms with Gasteiger partial charge in [-0.25, -0.2) is 0 Å². The molecule has 1 fully saturated rings. The number of rotatable bonds is 3. The molecule has 0 bridgehead atoms. The summed E-state index contributed by atoms with van der Waals surface area (Å²) in [5.74, 6) is 0.385. The Hall–Kier alpha value is -0.810. The molecular formula is C15H21Cl2N3O. The van der Waals surface area contributed by atoms with Crippen LogP contribution < -0.4 is 11.1 Å². The highest BCUT2D eigenvalue weighted by Crippen LogP contribution is 2.32. The largest absolute Gasteiger partial charge is 0.326 e. The first-order valence-corrected chi connectivity index (χ1v) is 7.86. The molecule has 0 aliphatic carbocycles. The van der Waals surface area contributed by atoms with Gasteiger partial charge in [-0.15, -0.1) is 0 Å². The molecule has 21 heavy (non-hydrogen) atoms. The molecular weight excluding hydrogens is 309 g/mol. The summed E-state index contributed by atoms with van der Waals surface area (Å²) in [6.45, 7) is 5.95. The summed E-state index contributed by atoms with van der Waals surface area (Å²) < 4.78 is 0. The number of anilines is 1. The van der Waals surface area contributed by atoms with Crippen molar-refractivity contribution in [3.05, 3.63) is 27.7 Å². The molecule has 3 N–H and O–H groups in total. The van der Waals surface area contributed by atoms with Gasteiger partial charge in [-0.05, 0) is 37.4 Å². The van der Waals surface area contributed by atoms with Gasteiger partial charge in [0.2, 0.25) is 5.91 Å². The average molecular weight is 330 g/mol. The zero-order valence-electron chi connectivity index (χ0n) is 12.3. The quantitative estimate of drug-likeness (QED) is 0.896. The third-order valence-electron chi connectivity index (χ3n) is 4.02. The maximum Gasteiger partial charge on any atom is 0.238 e. The number of benzene rings is 1. The molecule has 1 aliphatic rings. The summed E-state index contributed by atoms with van der Waals surface area (Å²) in [6.07, 6.45) is 1.01. The smallest absolute Gasteiger partial charge is 0.238 e. The van der Waals surface area contributed by atoms with E-state index in [1.54, 1.807) is 6.07 Å². The second-order valence-electron chi connectivity index (χ2n) is 5.77. The van der Waals surface area contributed by atoms with Crippen LogP contribution in [0, 0.1) is 12.8 Å². The number of hydrogen-bond acceptors (Lipinski definition) is 3. The van der Waals surface area contributed by atoms with E-state index in [-0.39, 0.29) is 11.9 Å². The fraction of sp³-hybridized carbons (Fsp3) is 0.533. The Morgan fingerprint density at radius 2 is 2.19 bits per heavy atom. The maximum absolute atomic E-state index is 12.2. The molecule has 1 aromatic carbocycles. The highest BCUT2D eigenvalue weighted by atomic mass is 35.5. The predicted molar refractivity (Wildman–Crippen MR) is 88.0 cm³/mol. The minimum absolute atomic E-state index is 0.119. The minimum Gasteiger partial charge on any atom is -0.326 e. The van der Waals surface area contributed by atoms with Gasteiger partial charge in [0.25, 0.3) is 0 Å². The van der Waals surface area contributed by atoms with E-state index >= 15 is 0 Å². The van der Waals surface area contributed by atoms with Gasteiger partial charge >= 0.3 is 0 Å². The molecule has 1 aromatic rings. The van der Waals surface area contributed by atoms with Crippen molar-refractivity contribution in [2.45, 2.75) is 26.3 Å². The highest BCUT2D eigenvalue weighted by molar-refractivity contribution is 6.40. The van der Waals surface area contributed by atoms with Crippen LogP contribution in [0.3, 0.4) is 0 Å². The van der Waals surface area contributed by atoms with Crippen LogP contribution in [-0.2, 0) is 4.79 Å². The van der Waals surface area contributed by atoms with Crippen LogP contribution >= 0.6 is 23.2 Å². The third-order valence-corrected chi connectivity index (χ3v) is 4.82. The van der Waals surface area contributed by atoms with Gasteiger partial charge in [-0.3, -0.25) is 9.69 Å². The van der Waals surface area contributed by atoms with Gasteiger partial charge in [0.05, 0.1) is 22.3 Å². The van der Waals surface area contributed by atoms with Crippen molar-refractivity contribution in [1.29, 1.82) is 0 Å². The average Bonchev–Trinajstić information content (AvgIpc) is 2.43. The molecule has 1 aliphatic heterocycles. The Morgan fingerprint density at radius 3 is 2.86 bits per heavy atom. The Morgan fingerprint density at radius 1 is 1.48 bits per heavy atom. The summed E-state index contributed by atoms with van der Waals surface area (Å²) >= 11 is 12.3. The molecule has 0 radical (unpaired) electrons. The molecule has 2 unspecified atom stereocenters. The molecule has 0 aromatic heterocycles. The lowest BCUT2D eigenvalue weighted by Crippen LogP contribution is -2.49. The highest BCUT2D eigenvalue weighted by Gasteiger charge is 2.24. The summed E-state index contributed by atoms with van der Waals surface area (Å²) in [7, 11) is 0. The zero-order valence-corrected chi connectivity index (χ0v) is 13.8. The molecule has 1 saturated heterocycles. The monoisotopic (exact) mass is 329 g/mol. The predicted octanol–water partition coefficient (Wildman–Crippen LogP) is 2.91. The number of nitrogens with one attached hydrogen (secondary N) is 1. The van der Waals surface area contributed by atoms with Crippen LogP contribution in [0.1, 0.15) is 18.9 Å². The lowest BCUT2D eigenvalue weighted by atomic mass is 9.94. The maximum atomic E-state index is 12.2. The van der Waals surface area contributed by atoms with Gasteiger partial charge in [-0.2, -0.15) is 0 Å². The summed E-state index contributed by atoms with van der Waals surface area (Å²) in [6, 6.07) is 3.68.